The van der Waals surface area contributed by atoms with Gasteiger partial charge in [-0.15, -0.1) is 0 Å². The topological polar surface area (TPSA) is 49.4 Å². The van der Waals surface area contributed by atoms with E-state index in [1.165, 1.54) is 18.4 Å². The standard InChI is InChI=1S/C22H26N2O2/c1-17-6-8-18(9-7-17)16-23-21(25)19-10-12-20(13-11-19)22(26)24-14-4-2-3-5-15-24/h6-13H,2-5,14-16H2,1H3,(H,23,25). The van der Waals surface area contributed by atoms with Crippen LogP contribution < -0.4 is 5.32 Å². The molecule has 0 radical (unpaired) electrons. The summed E-state index contributed by atoms with van der Waals surface area (Å²) in [5.74, 6) is -0.0575. The maximum Gasteiger partial charge on any atom is 0.253 e. The molecule has 0 bridgehead atoms. The van der Waals surface area contributed by atoms with Gasteiger partial charge in [-0.3, -0.25) is 9.59 Å². The second-order valence-electron chi connectivity index (χ2n) is 6.95. The molecule has 1 N–H and O–H groups in total. The first-order valence-electron chi connectivity index (χ1n) is 9.36. The first kappa shape index (κ1) is 18.2. The number of hydrogen-bond acceptors (Lipinski definition) is 2. The maximum atomic E-state index is 12.6. The van der Waals surface area contributed by atoms with Gasteiger partial charge in [-0.1, -0.05) is 42.7 Å². The molecule has 0 spiro atoms. The summed E-state index contributed by atoms with van der Waals surface area (Å²) in [6.07, 6.45) is 4.55. The van der Waals surface area contributed by atoms with Crippen LogP contribution in [0.5, 0.6) is 0 Å². The van der Waals surface area contributed by atoms with Gasteiger partial charge >= 0.3 is 0 Å². The second kappa shape index (κ2) is 8.65. The Labute approximate surface area is 155 Å². The molecule has 0 unspecified atom stereocenters. The van der Waals surface area contributed by atoms with Crippen LogP contribution in [0.2, 0.25) is 0 Å². The van der Waals surface area contributed by atoms with Crippen molar-refractivity contribution in [1.82, 2.24) is 10.2 Å². The van der Waals surface area contributed by atoms with Crippen molar-refractivity contribution >= 4 is 11.8 Å². The molecule has 1 heterocycles. The zero-order chi connectivity index (χ0) is 18.4. The SMILES string of the molecule is Cc1ccc(CNC(=O)c2ccc(C(=O)N3CCCCCC3)cc2)cc1. The van der Waals surface area contributed by atoms with Gasteiger partial charge in [0, 0.05) is 30.8 Å². The van der Waals surface area contributed by atoms with Gasteiger partial charge < -0.3 is 10.2 Å². The molecule has 0 aliphatic carbocycles. The van der Waals surface area contributed by atoms with E-state index >= 15 is 0 Å². The molecule has 2 aromatic carbocycles. The molecule has 2 aromatic rings. The maximum absolute atomic E-state index is 12.6. The van der Waals surface area contributed by atoms with Crippen molar-refractivity contribution in [2.24, 2.45) is 0 Å². The average Bonchev–Trinajstić information content (AvgIpc) is 2.96. The fourth-order valence-electron chi connectivity index (χ4n) is 3.21. The lowest BCUT2D eigenvalue weighted by atomic mass is 10.1. The Morgan fingerprint density at radius 2 is 1.42 bits per heavy atom. The number of carbonyl (C=O) groups is 2. The molecule has 0 saturated carbocycles. The third-order valence-corrected chi connectivity index (χ3v) is 4.86. The van der Waals surface area contributed by atoms with Crippen molar-refractivity contribution < 1.29 is 9.59 Å². The van der Waals surface area contributed by atoms with Crippen LogP contribution in [0.15, 0.2) is 48.5 Å². The number of rotatable bonds is 4. The Bertz CT molecular complexity index is 743. The van der Waals surface area contributed by atoms with Gasteiger partial charge in [0.1, 0.15) is 0 Å². The number of benzene rings is 2. The summed E-state index contributed by atoms with van der Waals surface area (Å²) in [5, 5.41) is 2.92. The number of amides is 2. The summed E-state index contributed by atoms with van der Waals surface area (Å²) < 4.78 is 0. The third-order valence-electron chi connectivity index (χ3n) is 4.86. The van der Waals surface area contributed by atoms with Crippen molar-refractivity contribution in [3.05, 3.63) is 70.8 Å². The molecule has 4 nitrogen and oxygen atoms in total. The van der Waals surface area contributed by atoms with E-state index in [1.807, 2.05) is 36.1 Å². The van der Waals surface area contributed by atoms with Gasteiger partial charge in [0.05, 0.1) is 0 Å². The van der Waals surface area contributed by atoms with Crippen LogP contribution in [0.3, 0.4) is 0 Å². The van der Waals surface area contributed by atoms with E-state index in [-0.39, 0.29) is 11.8 Å². The van der Waals surface area contributed by atoms with Gasteiger partial charge in [0.2, 0.25) is 0 Å². The average molecular weight is 350 g/mol. The minimum absolute atomic E-state index is 0.0681. The highest BCUT2D eigenvalue weighted by Crippen LogP contribution is 2.14. The van der Waals surface area contributed by atoms with E-state index in [1.54, 1.807) is 24.3 Å². The first-order valence-corrected chi connectivity index (χ1v) is 9.36. The number of likely N-dealkylation sites (tertiary alicyclic amines) is 1. The lowest BCUT2D eigenvalue weighted by Crippen LogP contribution is -2.31. The molecule has 136 valence electrons. The van der Waals surface area contributed by atoms with Gasteiger partial charge in [0.25, 0.3) is 11.8 Å². The Balaban J connectivity index is 1.58. The summed E-state index contributed by atoms with van der Waals surface area (Å²) in [4.78, 5) is 26.8. The Hall–Kier alpha value is -2.62. The van der Waals surface area contributed by atoms with E-state index in [0.29, 0.717) is 17.7 Å². The highest BCUT2D eigenvalue weighted by atomic mass is 16.2. The molecule has 2 amide bonds. The van der Waals surface area contributed by atoms with Crippen LogP contribution in [0.25, 0.3) is 0 Å². The number of hydrogen-bond donors (Lipinski definition) is 1. The van der Waals surface area contributed by atoms with Crippen molar-refractivity contribution in [1.29, 1.82) is 0 Å². The molecule has 1 aliphatic rings. The largest absolute Gasteiger partial charge is 0.348 e. The fraction of sp³-hybridized carbons (Fsp3) is 0.364. The summed E-state index contributed by atoms with van der Waals surface area (Å²) in [6, 6.07) is 15.1. The van der Waals surface area contributed by atoms with Crippen LogP contribution in [-0.2, 0) is 6.54 Å². The lowest BCUT2D eigenvalue weighted by molar-refractivity contribution is 0.0761. The van der Waals surface area contributed by atoms with E-state index in [9.17, 15) is 9.59 Å². The van der Waals surface area contributed by atoms with Crippen molar-refractivity contribution in [3.63, 3.8) is 0 Å². The molecular formula is C22H26N2O2. The Morgan fingerprint density at radius 1 is 0.846 bits per heavy atom. The van der Waals surface area contributed by atoms with E-state index in [0.717, 1.165) is 31.5 Å². The minimum atomic E-state index is -0.126. The number of carbonyl (C=O) groups excluding carboxylic acids is 2. The minimum Gasteiger partial charge on any atom is -0.348 e. The summed E-state index contributed by atoms with van der Waals surface area (Å²) in [5.41, 5.74) is 3.49. The first-order chi connectivity index (χ1) is 12.6. The van der Waals surface area contributed by atoms with Gasteiger partial charge in [0.15, 0.2) is 0 Å². The Morgan fingerprint density at radius 3 is 2.04 bits per heavy atom. The van der Waals surface area contributed by atoms with E-state index in [2.05, 4.69) is 5.32 Å². The smallest absolute Gasteiger partial charge is 0.253 e. The quantitative estimate of drug-likeness (QED) is 0.908. The van der Waals surface area contributed by atoms with E-state index in [4.69, 9.17) is 0 Å². The predicted octanol–water partition coefficient (Wildman–Crippen LogP) is 3.94. The van der Waals surface area contributed by atoms with Crippen molar-refractivity contribution in [2.75, 3.05) is 13.1 Å². The Kier molecular flexibility index (Phi) is 6.05. The number of nitrogens with one attached hydrogen (secondary N) is 1. The number of nitrogens with zero attached hydrogens (tertiary/aromatic N) is 1. The summed E-state index contributed by atoms with van der Waals surface area (Å²) in [6.45, 7) is 4.19. The highest BCUT2D eigenvalue weighted by molar-refractivity contribution is 5.97. The molecule has 1 fully saturated rings. The van der Waals surface area contributed by atoms with Gasteiger partial charge in [-0.05, 0) is 49.6 Å². The van der Waals surface area contributed by atoms with Gasteiger partial charge in [-0.25, -0.2) is 0 Å². The molecular weight excluding hydrogens is 324 g/mol. The van der Waals surface area contributed by atoms with Crippen LogP contribution in [0, 0.1) is 6.92 Å². The molecule has 0 aromatic heterocycles. The zero-order valence-electron chi connectivity index (χ0n) is 15.3. The van der Waals surface area contributed by atoms with E-state index < -0.39 is 0 Å². The molecule has 1 saturated heterocycles. The fourth-order valence-corrected chi connectivity index (χ4v) is 3.21. The number of aryl methyl sites for hydroxylation is 1. The van der Waals surface area contributed by atoms with Crippen molar-refractivity contribution in [2.45, 2.75) is 39.2 Å². The zero-order valence-corrected chi connectivity index (χ0v) is 15.3. The molecule has 3 rings (SSSR count). The lowest BCUT2D eigenvalue weighted by Gasteiger charge is -2.20. The van der Waals surface area contributed by atoms with Crippen LogP contribution in [0.4, 0.5) is 0 Å². The second-order valence-corrected chi connectivity index (χ2v) is 6.95. The highest BCUT2D eigenvalue weighted by Gasteiger charge is 2.17. The molecule has 4 heteroatoms. The predicted molar refractivity (Wildman–Crippen MR) is 103 cm³/mol. The van der Waals surface area contributed by atoms with Crippen LogP contribution in [0.1, 0.15) is 57.5 Å². The van der Waals surface area contributed by atoms with Gasteiger partial charge in [-0.2, -0.15) is 0 Å². The third kappa shape index (κ3) is 4.72. The summed E-state index contributed by atoms with van der Waals surface area (Å²) in [7, 11) is 0. The van der Waals surface area contributed by atoms with Crippen LogP contribution >= 0.6 is 0 Å². The normalized spacial score (nSPS) is 14.6. The molecule has 1 aliphatic heterocycles. The molecule has 26 heavy (non-hydrogen) atoms. The summed E-state index contributed by atoms with van der Waals surface area (Å²) >= 11 is 0. The van der Waals surface area contributed by atoms with Crippen molar-refractivity contribution in [3.8, 4) is 0 Å². The van der Waals surface area contributed by atoms with Crippen LogP contribution in [-0.4, -0.2) is 29.8 Å². The monoisotopic (exact) mass is 350 g/mol. The molecule has 0 atom stereocenters.